The predicted molar refractivity (Wildman–Crippen MR) is 112 cm³/mol. The molecule has 26 heavy (non-hydrogen) atoms. The van der Waals surface area contributed by atoms with Crippen molar-refractivity contribution in [1.82, 2.24) is 4.98 Å². The second kappa shape index (κ2) is 8.05. The van der Waals surface area contributed by atoms with Crippen LogP contribution in [0.25, 0.3) is 16.0 Å². The summed E-state index contributed by atoms with van der Waals surface area (Å²) in [5.41, 5.74) is 6.45. The Kier molecular flexibility index (Phi) is 5.77. The van der Waals surface area contributed by atoms with E-state index in [1.165, 1.54) is 40.8 Å². The molecule has 0 amide bonds. The van der Waals surface area contributed by atoms with Crippen molar-refractivity contribution < 1.29 is 4.74 Å². The molecular formula is C23H27NOS. The van der Waals surface area contributed by atoms with E-state index in [0.717, 1.165) is 21.9 Å². The fourth-order valence-electron chi connectivity index (χ4n) is 3.24. The van der Waals surface area contributed by atoms with E-state index in [9.17, 15) is 0 Å². The molecule has 3 rings (SSSR count). The molecule has 0 unspecified atom stereocenters. The molecule has 0 saturated carbocycles. The minimum absolute atomic E-state index is 0.137. The number of hydrogen-bond donors (Lipinski definition) is 0. The monoisotopic (exact) mass is 365 g/mol. The Labute approximate surface area is 160 Å². The smallest absolute Gasteiger partial charge is 0.122 e. The van der Waals surface area contributed by atoms with Gasteiger partial charge in [-0.15, -0.1) is 11.3 Å². The Bertz CT molecular complexity index is 870. The normalized spacial score (nSPS) is 14.7. The Morgan fingerprint density at radius 1 is 1.23 bits per heavy atom. The van der Waals surface area contributed by atoms with Gasteiger partial charge in [0.2, 0.25) is 0 Å². The Hall–Kier alpha value is -2.13. The van der Waals surface area contributed by atoms with Crippen molar-refractivity contribution >= 4 is 16.9 Å². The summed E-state index contributed by atoms with van der Waals surface area (Å²) in [6, 6.07) is 6.67. The number of fused-ring (bicyclic) bond motifs is 1. The standard InChI is InChI=1S/C23H27NOS/c1-15(2)21(25-16(3)4)13-12-17(5)23-24-14-22(26-23)20-11-7-9-18-8-6-10-19(18)20/h7,9,11-14,16H,1,6,8,10H2,2-5H3/b17-12+,21-13+. The van der Waals surface area contributed by atoms with E-state index in [1.54, 1.807) is 11.3 Å². The van der Waals surface area contributed by atoms with Gasteiger partial charge in [0.05, 0.1) is 11.0 Å². The first kappa shape index (κ1) is 18.7. The van der Waals surface area contributed by atoms with Crippen molar-refractivity contribution in [3.63, 3.8) is 0 Å². The summed E-state index contributed by atoms with van der Waals surface area (Å²) < 4.78 is 5.82. The molecule has 2 nitrogen and oxygen atoms in total. The van der Waals surface area contributed by atoms with Crippen LogP contribution in [0, 0.1) is 0 Å². The number of aryl methyl sites for hydroxylation is 1. The maximum Gasteiger partial charge on any atom is 0.122 e. The molecule has 1 aliphatic rings. The summed E-state index contributed by atoms with van der Waals surface area (Å²) in [6.07, 6.45) is 9.88. The second-order valence-electron chi connectivity index (χ2n) is 7.15. The number of hydrogen-bond acceptors (Lipinski definition) is 3. The van der Waals surface area contributed by atoms with Crippen LogP contribution in [0.3, 0.4) is 0 Å². The van der Waals surface area contributed by atoms with Crippen LogP contribution < -0.4 is 0 Å². The minimum atomic E-state index is 0.137. The highest BCUT2D eigenvalue weighted by Crippen LogP contribution is 2.36. The highest BCUT2D eigenvalue weighted by molar-refractivity contribution is 7.16. The van der Waals surface area contributed by atoms with E-state index in [-0.39, 0.29) is 6.10 Å². The van der Waals surface area contributed by atoms with Gasteiger partial charge in [-0.25, -0.2) is 4.98 Å². The van der Waals surface area contributed by atoms with Crippen LogP contribution in [0.5, 0.6) is 0 Å². The molecule has 0 saturated heterocycles. The number of nitrogens with zero attached hydrogens (tertiary/aromatic N) is 1. The highest BCUT2D eigenvalue weighted by Gasteiger charge is 2.17. The molecule has 0 aliphatic heterocycles. The van der Waals surface area contributed by atoms with Gasteiger partial charge in [0, 0.05) is 6.20 Å². The number of allylic oxidation sites excluding steroid dienone is 4. The van der Waals surface area contributed by atoms with Gasteiger partial charge in [0.1, 0.15) is 10.8 Å². The summed E-state index contributed by atoms with van der Waals surface area (Å²) in [4.78, 5) is 5.92. The van der Waals surface area contributed by atoms with Gasteiger partial charge < -0.3 is 4.74 Å². The van der Waals surface area contributed by atoms with Crippen molar-refractivity contribution in [2.75, 3.05) is 0 Å². The van der Waals surface area contributed by atoms with E-state index in [0.29, 0.717) is 0 Å². The molecule has 1 aromatic heterocycles. The van der Waals surface area contributed by atoms with Crippen LogP contribution in [-0.2, 0) is 17.6 Å². The van der Waals surface area contributed by atoms with Crippen LogP contribution in [0.15, 0.2) is 54.5 Å². The fraction of sp³-hybridized carbons (Fsp3) is 0.348. The van der Waals surface area contributed by atoms with Gasteiger partial charge in [-0.3, -0.25) is 0 Å². The zero-order valence-electron chi connectivity index (χ0n) is 16.1. The fourth-order valence-corrected chi connectivity index (χ4v) is 4.19. The van der Waals surface area contributed by atoms with Gasteiger partial charge in [-0.05, 0) is 80.9 Å². The third kappa shape index (κ3) is 4.16. The first-order valence-corrected chi connectivity index (χ1v) is 10.1. The van der Waals surface area contributed by atoms with Crippen molar-refractivity contribution in [3.05, 3.63) is 70.6 Å². The molecule has 136 valence electrons. The molecule has 0 spiro atoms. The van der Waals surface area contributed by atoms with Gasteiger partial charge in [-0.2, -0.15) is 0 Å². The molecule has 0 bridgehead atoms. The van der Waals surface area contributed by atoms with Crippen LogP contribution in [0.4, 0.5) is 0 Å². The summed E-state index contributed by atoms with van der Waals surface area (Å²) in [6.45, 7) is 12.1. The molecule has 0 N–H and O–H groups in total. The number of benzene rings is 1. The number of thiazole rings is 1. The average Bonchev–Trinajstić information content (AvgIpc) is 3.26. The second-order valence-corrected chi connectivity index (χ2v) is 8.18. The third-order valence-corrected chi connectivity index (χ3v) is 5.69. The summed E-state index contributed by atoms with van der Waals surface area (Å²) >= 11 is 1.76. The molecule has 0 fully saturated rings. The van der Waals surface area contributed by atoms with Crippen molar-refractivity contribution in [2.24, 2.45) is 0 Å². The zero-order valence-corrected chi connectivity index (χ0v) is 17.0. The molecule has 1 aromatic carbocycles. The van der Waals surface area contributed by atoms with Gasteiger partial charge in [-0.1, -0.05) is 30.9 Å². The molecule has 3 heteroatoms. The average molecular weight is 366 g/mol. The lowest BCUT2D eigenvalue weighted by Gasteiger charge is -2.13. The summed E-state index contributed by atoms with van der Waals surface area (Å²) in [5.74, 6) is 0.831. The zero-order chi connectivity index (χ0) is 18.7. The van der Waals surface area contributed by atoms with E-state index >= 15 is 0 Å². The molecule has 2 aromatic rings. The largest absolute Gasteiger partial charge is 0.491 e. The summed E-state index contributed by atoms with van der Waals surface area (Å²) in [7, 11) is 0. The molecule has 1 heterocycles. The number of aromatic nitrogens is 1. The topological polar surface area (TPSA) is 22.1 Å². The van der Waals surface area contributed by atoms with Gasteiger partial charge in [0.25, 0.3) is 0 Å². The van der Waals surface area contributed by atoms with Crippen molar-refractivity contribution in [1.29, 1.82) is 0 Å². The Morgan fingerprint density at radius 3 is 2.77 bits per heavy atom. The molecule has 0 radical (unpaired) electrons. The Balaban J connectivity index is 1.85. The van der Waals surface area contributed by atoms with E-state index in [4.69, 9.17) is 4.74 Å². The van der Waals surface area contributed by atoms with Crippen LogP contribution in [-0.4, -0.2) is 11.1 Å². The van der Waals surface area contributed by atoms with Crippen LogP contribution in [0.2, 0.25) is 0 Å². The molecular weight excluding hydrogens is 338 g/mol. The van der Waals surface area contributed by atoms with E-state index in [1.807, 2.05) is 33.0 Å². The quantitative estimate of drug-likeness (QED) is 0.426. The maximum absolute atomic E-state index is 5.82. The van der Waals surface area contributed by atoms with E-state index < -0.39 is 0 Å². The van der Waals surface area contributed by atoms with Crippen LogP contribution in [0.1, 0.15) is 50.3 Å². The van der Waals surface area contributed by atoms with Gasteiger partial charge >= 0.3 is 0 Å². The predicted octanol–water partition coefficient (Wildman–Crippen LogP) is 6.59. The van der Waals surface area contributed by atoms with E-state index in [2.05, 4.69) is 42.8 Å². The third-order valence-electron chi connectivity index (χ3n) is 4.52. The highest BCUT2D eigenvalue weighted by atomic mass is 32.1. The molecule has 1 aliphatic carbocycles. The van der Waals surface area contributed by atoms with Crippen LogP contribution >= 0.6 is 11.3 Å². The minimum Gasteiger partial charge on any atom is -0.491 e. The first-order chi connectivity index (χ1) is 12.5. The van der Waals surface area contributed by atoms with Crippen molar-refractivity contribution in [2.45, 2.75) is 53.1 Å². The maximum atomic E-state index is 5.82. The van der Waals surface area contributed by atoms with Gasteiger partial charge in [0.15, 0.2) is 0 Å². The lowest BCUT2D eigenvalue weighted by Crippen LogP contribution is -2.02. The Morgan fingerprint density at radius 2 is 2.04 bits per heavy atom. The number of ether oxygens (including phenoxy) is 1. The molecule has 0 atom stereocenters. The number of rotatable bonds is 6. The first-order valence-electron chi connectivity index (χ1n) is 9.24. The SMILES string of the molecule is C=C(C)/C(=C\C=C(/C)c1ncc(-c2cccc3c2CCC3)s1)OC(C)C. The lowest BCUT2D eigenvalue weighted by atomic mass is 10.0. The lowest BCUT2D eigenvalue weighted by molar-refractivity contribution is 0.154. The summed E-state index contributed by atoms with van der Waals surface area (Å²) in [5, 5.41) is 1.05. The van der Waals surface area contributed by atoms with Crippen molar-refractivity contribution in [3.8, 4) is 10.4 Å².